The van der Waals surface area contributed by atoms with E-state index >= 15 is 0 Å². The smallest absolute Gasteiger partial charge is 0.118 e. The number of benzene rings is 1. The van der Waals surface area contributed by atoms with Crippen molar-refractivity contribution in [2.75, 3.05) is 33.4 Å². The highest BCUT2D eigenvalue weighted by Crippen LogP contribution is 2.24. The second-order valence-electron chi connectivity index (χ2n) is 5.41. The van der Waals surface area contributed by atoms with Gasteiger partial charge in [0.25, 0.3) is 0 Å². The summed E-state index contributed by atoms with van der Waals surface area (Å²) >= 11 is 0. The van der Waals surface area contributed by atoms with Crippen molar-refractivity contribution in [1.82, 2.24) is 5.32 Å². The third kappa shape index (κ3) is 5.30. The minimum atomic E-state index is 0.0885. The van der Waals surface area contributed by atoms with E-state index in [-0.39, 0.29) is 6.10 Å². The van der Waals surface area contributed by atoms with E-state index in [4.69, 9.17) is 14.2 Å². The zero-order chi connectivity index (χ0) is 14.9. The zero-order valence-corrected chi connectivity index (χ0v) is 13.1. The van der Waals surface area contributed by atoms with Crippen LogP contribution in [0.4, 0.5) is 0 Å². The van der Waals surface area contributed by atoms with E-state index < -0.39 is 0 Å². The van der Waals surface area contributed by atoms with Crippen LogP contribution in [0.3, 0.4) is 0 Å². The summed E-state index contributed by atoms with van der Waals surface area (Å²) in [5.41, 5.74) is 1.20. The van der Waals surface area contributed by atoms with Gasteiger partial charge in [-0.1, -0.05) is 19.1 Å². The van der Waals surface area contributed by atoms with Crippen LogP contribution in [0.1, 0.15) is 37.9 Å². The van der Waals surface area contributed by atoms with Crippen molar-refractivity contribution in [3.05, 3.63) is 29.8 Å². The molecule has 0 spiro atoms. The maximum absolute atomic E-state index is 6.31. The molecule has 0 aromatic heterocycles. The van der Waals surface area contributed by atoms with Gasteiger partial charge in [0.05, 0.1) is 19.3 Å². The standard InChI is InChI=1S/C17H27NO3/c1-3-10-18-13-17(21-16-8-11-20-12-9-16)14-4-6-15(19-2)7-5-14/h4-7,16-18H,3,8-13H2,1-2H3. The van der Waals surface area contributed by atoms with Gasteiger partial charge in [-0.05, 0) is 43.5 Å². The monoisotopic (exact) mass is 293 g/mol. The van der Waals surface area contributed by atoms with E-state index in [2.05, 4.69) is 24.4 Å². The average Bonchev–Trinajstić information content (AvgIpc) is 2.55. The molecular formula is C17H27NO3. The summed E-state index contributed by atoms with van der Waals surface area (Å²) in [6, 6.07) is 8.18. The summed E-state index contributed by atoms with van der Waals surface area (Å²) < 4.78 is 16.9. The molecule has 1 fully saturated rings. The second kappa shape index (κ2) is 9.03. The summed E-state index contributed by atoms with van der Waals surface area (Å²) in [7, 11) is 1.69. The Balaban J connectivity index is 1.98. The average molecular weight is 293 g/mol. The minimum absolute atomic E-state index is 0.0885. The molecule has 1 N–H and O–H groups in total. The van der Waals surface area contributed by atoms with Crippen molar-refractivity contribution < 1.29 is 14.2 Å². The quantitative estimate of drug-likeness (QED) is 0.748. The molecule has 4 nitrogen and oxygen atoms in total. The number of methoxy groups -OCH3 is 1. The highest BCUT2D eigenvalue weighted by Gasteiger charge is 2.20. The number of ether oxygens (including phenoxy) is 3. The van der Waals surface area contributed by atoms with Crippen molar-refractivity contribution in [2.24, 2.45) is 0 Å². The highest BCUT2D eigenvalue weighted by molar-refractivity contribution is 5.28. The van der Waals surface area contributed by atoms with Gasteiger partial charge in [-0.15, -0.1) is 0 Å². The molecule has 1 aromatic carbocycles. The molecule has 1 atom stereocenters. The molecule has 0 amide bonds. The molecule has 118 valence electrons. The number of nitrogens with one attached hydrogen (secondary N) is 1. The summed E-state index contributed by atoms with van der Waals surface area (Å²) in [5, 5.41) is 3.46. The Morgan fingerprint density at radius 1 is 1.24 bits per heavy atom. The molecule has 1 aliphatic heterocycles. The molecule has 0 radical (unpaired) electrons. The second-order valence-corrected chi connectivity index (χ2v) is 5.41. The van der Waals surface area contributed by atoms with Gasteiger partial charge in [0, 0.05) is 19.8 Å². The van der Waals surface area contributed by atoms with E-state index in [1.165, 1.54) is 5.56 Å². The van der Waals surface area contributed by atoms with Crippen LogP contribution in [-0.4, -0.2) is 39.5 Å². The van der Waals surface area contributed by atoms with Gasteiger partial charge in [-0.25, -0.2) is 0 Å². The van der Waals surface area contributed by atoms with Crippen LogP contribution in [0.2, 0.25) is 0 Å². The van der Waals surface area contributed by atoms with Crippen molar-refractivity contribution >= 4 is 0 Å². The third-order valence-corrected chi connectivity index (χ3v) is 3.77. The zero-order valence-electron chi connectivity index (χ0n) is 13.1. The molecule has 1 unspecified atom stereocenters. The molecule has 0 bridgehead atoms. The van der Waals surface area contributed by atoms with Gasteiger partial charge >= 0.3 is 0 Å². The Labute approximate surface area is 127 Å². The fraction of sp³-hybridized carbons (Fsp3) is 0.647. The summed E-state index contributed by atoms with van der Waals surface area (Å²) in [6.07, 6.45) is 3.49. The van der Waals surface area contributed by atoms with Crippen molar-refractivity contribution in [2.45, 2.75) is 38.4 Å². The van der Waals surface area contributed by atoms with Gasteiger partial charge in [0.1, 0.15) is 5.75 Å². The van der Waals surface area contributed by atoms with Crippen LogP contribution >= 0.6 is 0 Å². The van der Waals surface area contributed by atoms with Crippen molar-refractivity contribution in [1.29, 1.82) is 0 Å². The number of hydrogen-bond donors (Lipinski definition) is 1. The van der Waals surface area contributed by atoms with E-state index in [1.807, 2.05) is 12.1 Å². The lowest BCUT2D eigenvalue weighted by molar-refractivity contribution is -0.0688. The minimum Gasteiger partial charge on any atom is -0.497 e. The van der Waals surface area contributed by atoms with E-state index in [0.717, 1.165) is 51.3 Å². The van der Waals surface area contributed by atoms with Gasteiger partial charge < -0.3 is 19.5 Å². The molecule has 1 heterocycles. The Morgan fingerprint density at radius 2 is 1.95 bits per heavy atom. The topological polar surface area (TPSA) is 39.7 Å². The van der Waals surface area contributed by atoms with Crippen LogP contribution in [0.25, 0.3) is 0 Å². The fourth-order valence-corrected chi connectivity index (χ4v) is 2.52. The van der Waals surface area contributed by atoms with Gasteiger partial charge in [0.15, 0.2) is 0 Å². The Morgan fingerprint density at radius 3 is 2.57 bits per heavy atom. The van der Waals surface area contributed by atoms with Gasteiger partial charge in [0.2, 0.25) is 0 Å². The predicted octanol–water partition coefficient (Wildman–Crippen LogP) is 2.93. The van der Waals surface area contributed by atoms with Crippen LogP contribution in [0.5, 0.6) is 5.75 Å². The highest BCUT2D eigenvalue weighted by atomic mass is 16.5. The molecular weight excluding hydrogens is 266 g/mol. The Kier molecular flexibility index (Phi) is 7.00. The van der Waals surface area contributed by atoms with E-state index in [1.54, 1.807) is 7.11 Å². The molecule has 1 aromatic rings. The summed E-state index contributed by atoms with van der Waals surface area (Å²) in [5.74, 6) is 0.880. The van der Waals surface area contributed by atoms with Crippen molar-refractivity contribution in [3.63, 3.8) is 0 Å². The molecule has 0 saturated carbocycles. The molecule has 1 saturated heterocycles. The normalized spacial score (nSPS) is 17.6. The first-order valence-electron chi connectivity index (χ1n) is 7.91. The van der Waals surface area contributed by atoms with Gasteiger partial charge in [-0.2, -0.15) is 0 Å². The molecule has 2 rings (SSSR count). The lowest BCUT2D eigenvalue weighted by Crippen LogP contribution is -2.30. The predicted molar refractivity (Wildman–Crippen MR) is 83.8 cm³/mol. The van der Waals surface area contributed by atoms with Crippen LogP contribution in [0, 0.1) is 0 Å². The van der Waals surface area contributed by atoms with Crippen LogP contribution < -0.4 is 10.1 Å². The first kappa shape index (κ1) is 16.3. The molecule has 0 aliphatic carbocycles. The SMILES string of the molecule is CCCNCC(OC1CCOCC1)c1ccc(OC)cc1. The largest absolute Gasteiger partial charge is 0.497 e. The third-order valence-electron chi connectivity index (χ3n) is 3.77. The van der Waals surface area contributed by atoms with Gasteiger partial charge in [-0.3, -0.25) is 0 Å². The molecule has 4 heteroatoms. The van der Waals surface area contributed by atoms with E-state index in [9.17, 15) is 0 Å². The van der Waals surface area contributed by atoms with Crippen LogP contribution in [-0.2, 0) is 9.47 Å². The maximum Gasteiger partial charge on any atom is 0.118 e. The summed E-state index contributed by atoms with van der Waals surface area (Å²) in [4.78, 5) is 0. The lowest BCUT2D eigenvalue weighted by Gasteiger charge is -2.28. The van der Waals surface area contributed by atoms with Crippen molar-refractivity contribution in [3.8, 4) is 5.75 Å². The van der Waals surface area contributed by atoms with E-state index in [0.29, 0.717) is 6.10 Å². The number of rotatable bonds is 8. The maximum atomic E-state index is 6.31. The Bertz CT molecular complexity index is 388. The first-order chi connectivity index (χ1) is 10.3. The summed E-state index contributed by atoms with van der Waals surface area (Å²) in [6.45, 7) is 5.65. The number of hydrogen-bond acceptors (Lipinski definition) is 4. The first-order valence-corrected chi connectivity index (χ1v) is 7.91. The lowest BCUT2D eigenvalue weighted by atomic mass is 10.1. The van der Waals surface area contributed by atoms with Crippen LogP contribution in [0.15, 0.2) is 24.3 Å². The molecule has 21 heavy (non-hydrogen) atoms. The molecule has 1 aliphatic rings. The Hall–Kier alpha value is -1.10. The fourth-order valence-electron chi connectivity index (χ4n) is 2.52.